The molecule has 0 atom stereocenters. The highest BCUT2D eigenvalue weighted by molar-refractivity contribution is 9.09. The van der Waals surface area contributed by atoms with Crippen molar-refractivity contribution in [1.82, 2.24) is 0 Å². The van der Waals surface area contributed by atoms with Crippen LogP contribution in [0.15, 0.2) is 0 Å². The second-order valence-electron chi connectivity index (χ2n) is 5.40. The first-order chi connectivity index (χ1) is 8.24. The van der Waals surface area contributed by atoms with Gasteiger partial charge in [-0.2, -0.15) is 0 Å². The molecule has 0 aromatic rings. The third kappa shape index (κ3) is 9.63. The number of quaternary nitrogens is 1. The van der Waals surface area contributed by atoms with Crippen LogP contribution in [0.5, 0.6) is 0 Å². The fraction of sp³-hybridized carbons (Fsp3) is 1.00. The Morgan fingerprint density at radius 3 is 1.50 bits per heavy atom. The Morgan fingerprint density at radius 1 is 0.667 bits per heavy atom. The zero-order chi connectivity index (χ0) is 13.0. The Labute approximate surface area is 130 Å². The zero-order valence-electron chi connectivity index (χ0n) is 12.7. The zero-order valence-corrected chi connectivity index (χ0v) is 15.0. The maximum atomic E-state index is 3.77. The second-order valence-corrected chi connectivity index (χ2v) is 5.90. The minimum atomic E-state index is 0. The summed E-state index contributed by atoms with van der Waals surface area (Å²) < 4.78 is 1.31. The predicted molar refractivity (Wildman–Crippen MR) is 82.6 cm³/mol. The van der Waals surface area contributed by atoms with E-state index in [1.54, 1.807) is 0 Å². The minimum absolute atomic E-state index is 0. The van der Waals surface area contributed by atoms with Crippen molar-refractivity contribution in [3.63, 3.8) is 0 Å². The number of unbranched alkanes of at least 4 members (excludes halogenated alkanes) is 5. The van der Waals surface area contributed by atoms with Crippen LogP contribution in [0.4, 0.5) is 0 Å². The maximum absolute atomic E-state index is 3.77. The summed E-state index contributed by atoms with van der Waals surface area (Å²) in [6, 6.07) is 0. The molecule has 0 rings (SSSR count). The molecule has 0 saturated carbocycles. The van der Waals surface area contributed by atoms with E-state index in [-0.39, 0.29) is 12.4 Å². The van der Waals surface area contributed by atoms with Gasteiger partial charge in [-0.1, -0.05) is 46.5 Å². The number of halogens is 2. The van der Waals surface area contributed by atoms with Crippen molar-refractivity contribution in [3.8, 4) is 0 Å². The monoisotopic (exact) mass is 341 g/mol. The van der Waals surface area contributed by atoms with Crippen molar-refractivity contribution in [2.75, 3.05) is 25.1 Å². The smallest absolute Gasteiger partial charge is 0.134 e. The Hall–Kier alpha value is 0.730. The van der Waals surface area contributed by atoms with Gasteiger partial charge < -0.3 is 16.9 Å². The molecule has 0 spiro atoms. The summed E-state index contributed by atoms with van der Waals surface area (Å²) >= 11 is 3.77. The first-order valence-electron chi connectivity index (χ1n) is 7.65. The van der Waals surface area contributed by atoms with Crippen molar-refractivity contribution < 1.29 is 16.9 Å². The van der Waals surface area contributed by atoms with Gasteiger partial charge in [-0.15, -0.1) is 0 Å². The van der Waals surface area contributed by atoms with Crippen LogP contribution in [0.2, 0.25) is 0 Å². The van der Waals surface area contributed by atoms with Crippen LogP contribution >= 0.6 is 15.9 Å². The molecule has 0 aromatic carbocycles. The molecule has 18 heavy (non-hydrogen) atoms. The Balaban J connectivity index is 0. The van der Waals surface area contributed by atoms with E-state index in [9.17, 15) is 0 Å². The lowest BCUT2D eigenvalue weighted by molar-refractivity contribution is -0.915. The molecule has 0 fully saturated rings. The molecular weight excluding hydrogens is 310 g/mol. The molecule has 0 saturated heterocycles. The van der Waals surface area contributed by atoms with Gasteiger partial charge in [0.25, 0.3) is 0 Å². The van der Waals surface area contributed by atoms with Crippen LogP contribution in [-0.4, -0.2) is 29.6 Å². The van der Waals surface area contributed by atoms with Gasteiger partial charge in [0.1, 0.15) is 5.45 Å². The lowest BCUT2D eigenvalue weighted by atomic mass is 10.1. The Morgan fingerprint density at radius 2 is 1.11 bits per heavy atom. The van der Waals surface area contributed by atoms with Gasteiger partial charge in [-0.25, -0.2) is 0 Å². The van der Waals surface area contributed by atoms with Crippen LogP contribution < -0.4 is 12.4 Å². The normalized spacial score (nSPS) is 11.3. The summed E-state index contributed by atoms with van der Waals surface area (Å²) in [5.41, 5.74) is 1.15. The van der Waals surface area contributed by atoms with Gasteiger partial charge in [0, 0.05) is 0 Å². The molecule has 0 aliphatic carbocycles. The molecule has 0 aliphatic heterocycles. The molecule has 0 aromatic heterocycles. The molecule has 3 heteroatoms. The van der Waals surface area contributed by atoms with Crippen LogP contribution in [0.25, 0.3) is 0 Å². The van der Waals surface area contributed by atoms with Gasteiger partial charge in [-0.3, -0.25) is 0 Å². The van der Waals surface area contributed by atoms with E-state index in [1.807, 2.05) is 0 Å². The van der Waals surface area contributed by atoms with Gasteiger partial charge >= 0.3 is 0 Å². The lowest BCUT2D eigenvalue weighted by Crippen LogP contribution is -3.00. The highest BCUT2D eigenvalue weighted by Crippen LogP contribution is 2.17. The summed E-state index contributed by atoms with van der Waals surface area (Å²) in [5, 5.41) is 0. The van der Waals surface area contributed by atoms with Crippen LogP contribution in [0, 0.1) is 0 Å². The van der Waals surface area contributed by atoms with Crippen molar-refractivity contribution in [1.29, 1.82) is 0 Å². The Bertz CT molecular complexity index is 157. The molecule has 0 bridgehead atoms. The third-order valence-corrected chi connectivity index (χ3v) is 4.78. The maximum Gasteiger partial charge on any atom is 0.134 e. The highest BCUT2D eigenvalue weighted by Gasteiger charge is 2.23. The van der Waals surface area contributed by atoms with Crippen LogP contribution in [-0.2, 0) is 0 Å². The number of hydrogen-bond donors (Lipinski definition) is 0. The van der Waals surface area contributed by atoms with Crippen LogP contribution in [0.3, 0.4) is 0 Å². The topological polar surface area (TPSA) is 0 Å². The van der Waals surface area contributed by atoms with Crippen molar-refractivity contribution in [2.45, 2.75) is 72.1 Å². The predicted octanol–water partition coefficient (Wildman–Crippen LogP) is 2.34. The van der Waals surface area contributed by atoms with E-state index in [0.29, 0.717) is 0 Å². The van der Waals surface area contributed by atoms with Crippen molar-refractivity contribution >= 4 is 15.9 Å². The fourth-order valence-electron chi connectivity index (χ4n) is 2.38. The molecule has 0 heterocycles. The largest absolute Gasteiger partial charge is 1.00 e. The standard InChI is InChI=1S/C15H33BrN.ClH/c1-4-7-10-11-14-17(15-16,12-8-5-2)13-9-6-3;/h4-15H2,1-3H3;1H/q+1;/p-1. The molecule has 0 aliphatic rings. The second kappa shape index (κ2) is 14.1. The molecular formula is C15H33BrClN. The summed E-state index contributed by atoms with van der Waals surface area (Å²) in [4.78, 5) is 0. The Kier molecular flexibility index (Phi) is 16.5. The number of hydrogen-bond acceptors (Lipinski definition) is 0. The fourth-order valence-corrected chi connectivity index (χ4v) is 3.13. The van der Waals surface area contributed by atoms with Gasteiger partial charge in [0.05, 0.1) is 19.6 Å². The summed E-state index contributed by atoms with van der Waals surface area (Å²) in [5.74, 6) is 0. The van der Waals surface area contributed by atoms with E-state index >= 15 is 0 Å². The molecule has 0 amide bonds. The summed E-state index contributed by atoms with van der Waals surface area (Å²) in [7, 11) is 0. The van der Waals surface area contributed by atoms with Gasteiger partial charge in [0.15, 0.2) is 0 Å². The van der Waals surface area contributed by atoms with Gasteiger partial charge in [0.2, 0.25) is 0 Å². The molecule has 1 nitrogen and oxygen atoms in total. The first kappa shape index (κ1) is 21.0. The third-order valence-electron chi connectivity index (χ3n) is 3.71. The van der Waals surface area contributed by atoms with E-state index in [1.165, 1.54) is 75.5 Å². The average Bonchev–Trinajstić information content (AvgIpc) is 2.37. The van der Waals surface area contributed by atoms with E-state index in [2.05, 4.69) is 36.7 Å². The van der Waals surface area contributed by atoms with Crippen molar-refractivity contribution in [3.05, 3.63) is 0 Å². The lowest BCUT2D eigenvalue weighted by Gasteiger charge is -2.37. The number of alkyl halides is 1. The molecule has 112 valence electrons. The minimum Gasteiger partial charge on any atom is -1.00 e. The summed E-state index contributed by atoms with van der Waals surface area (Å²) in [6.07, 6.45) is 11.0. The SMILES string of the molecule is CCCCCC[N+](CBr)(CCCC)CCCC.[Cl-]. The molecule has 0 unspecified atom stereocenters. The van der Waals surface area contributed by atoms with E-state index in [4.69, 9.17) is 0 Å². The van der Waals surface area contributed by atoms with E-state index in [0.717, 1.165) is 5.45 Å². The van der Waals surface area contributed by atoms with Crippen LogP contribution in [0.1, 0.15) is 72.1 Å². The quantitative estimate of drug-likeness (QED) is 0.221. The average molecular weight is 343 g/mol. The molecule has 0 radical (unpaired) electrons. The van der Waals surface area contributed by atoms with Crippen molar-refractivity contribution in [2.24, 2.45) is 0 Å². The highest BCUT2D eigenvalue weighted by atomic mass is 79.9. The van der Waals surface area contributed by atoms with Gasteiger partial charge in [-0.05, 0) is 41.6 Å². The number of rotatable bonds is 12. The van der Waals surface area contributed by atoms with E-state index < -0.39 is 0 Å². The molecule has 0 N–H and O–H groups in total. The summed E-state index contributed by atoms with van der Waals surface area (Å²) in [6.45, 7) is 11.0. The first-order valence-corrected chi connectivity index (χ1v) is 8.77. The number of nitrogens with zero attached hydrogens (tertiary/aromatic N) is 1.